The molecule has 1 heterocycles. The first kappa shape index (κ1) is 11.1. The van der Waals surface area contributed by atoms with Crippen LogP contribution < -0.4 is 4.74 Å². The van der Waals surface area contributed by atoms with E-state index in [9.17, 15) is 5.26 Å². The van der Waals surface area contributed by atoms with Crippen LogP contribution in [0.4, 0.5) is 0 Å². The van der Waals surface area contributed by atoms with Crippen molar-refractivity contribution < 1.29 is 4.74 Å². The molecule has 0 saturated carbocycles. The fourth-order valence-electron chi connectivity index (χ4n) is 1.56. The van der Waals surface area contributed by atoms with Gasteiger partial charge in [-0.3, -0.25) is 0 Å². The molecule has 84 valence electrons. The van der Waals surface area contributed by atoms with Crippen molar-refractivity contribution in [2.24, 2.45) is 0 Å². The van der Waals surface area contributed by atoms with Gasteiger partial charge < -0.3 is 4.74 Å². The first-order valence-corrected chi connectivity index (χ1v) is 5.15. The van der Waals surface area contributed by atoms with Crippen molar-refractivity contribution in [1.29, 1.82) is 5.26 Å². The third kappa shape index (κ3) is 2.40. The minimum Gasteiger partial charge on any atom is -0.497 e. The van der Waals surface area contributed by atoms with Crippen LogP contribution in [0.1, 0.15) is 17.3 Å². The van der Waals surface area contributed by atoms with E-state index in [2.05, 4.69) is 16.0 Å². The SMILES string of the molecule is COc1cccc(C(C#N)c2ncccn2)c1. The number of hydrogen-bond donors (Lipinski definition) is 0. The first-order chi connectivity index (χ1) is 8.35. The fraction of sp³-hybridized carbons (Fsp3) is 0.154. The van der Waals surface area contributed by atoms with Crippen LogP contribution in [0.25, 0.3) is 0 Å². The van der Waals surface area contributed by atoms with Crippen LogP contribution in [0.3, 0.4) is 0 Å². The van der Waals surface area contributed by atoms with Gasteiger partial charge in [-0.05, 0) is 23.8 Å². The molecule has 1 aromatic carbocycles. The number of benzene rings is 1. The Labute approximate surface area is 99.5 Å². The van der Waals surface area contributed by atoms with Crippen molar-refractivity contribution >= 4 is 0 Å². The van der Waals surface area contributed by atoms with Crippen LogP contribution in [0.5, 0.6) is 5.75 Å². The monoisotopic (exact) mass is 225 g/mol. The quantitative estimate of drug-likeness (QED) is 0.803. The molecule has 1 aromatic heterocycles. The van der Waals surface area contributed by atoms with Gasteiger partial charge in [-0.15, -0.1) is 0 Å². The highest BCUT2D eigenvalue weighted by molar-refractivity contribution is 5.37. The van der Waals surface area contributed by atoms with Crippen molar-refractivity contribution in [3.8, 4) is 11.8 Å². The molecular weight excluding hydrogens is 214 g/mol. The predicted molar refractivity (Wildman–Crippen MR) is 62.5 cm³/mol. The summed E-state index contributed by atoms with van der Waals surface area (Å²) in [6, 6.07) is 11.3. The topological polar surface area (TPSA) is 58.8 Å². The Balaban J connectivity index is 2.40. The second-order valence-corrected chi connectivity index (χ2v) is 3.45. The Morgan fingerprint density at radius 3 is 2.65 bits per heavy atom. The van der Waals surface area contributed by atoms with Crippen molar-refractivity contribution in [3.63, 3.8) is 0 Å². The van der Waals surface area contributed by atoms with Gasteiger partial charge in [0.2, 0.25) is 0 Å². The molecule has 2 rings (SSSR count). The lowest BCUT2D eigenvalue weighted by atomic mass is 9.99. The standard InChI is InChI=1S/C13H11N3O/c1-17-11-5-2-4-10(8-11)12(9-14)13-15-6-3-7-16-13/h2-8,12H,1H3. The Bertz CT molecular complexity index is 534. The molecule has 17 heavy (non-hydrogen) atoms. The summed E-state index contributed by atoms with van der Waals surface area (Å²) in [4.78, 5) is 8.21. The predicted octanol–water partition coefficient (Wildman–Crippen LogP) is 2.14. The lowest BCUT2D eigenvalue weighted by Crippen LogP contribution is -2.03. The molecule has 4 heteroatoms. The number of ether oxygens (including phenoxy) is 1. The van der Waals surface area contributed by atoms with Gasteiger partial charge in [0.1, 0.15) is 17.5 Å². The number of aromatic nitrogens is 2. The van der Waals surface area contributed by atoms with Gasteiger partial charge in [0.25, 0.3) is 0 Å². The Morgan fingerprint density at radius 2 is 2.00 bits per heavy atom. The molecule has 0 aliphatic rings. The average molecular weight is 225 g/mol. The summed E-state index contributed by atoms with van der Waals surface area (Å²) in [5, 5.41) is 9.23. The minimum atomic E-state index is -0.466. The second kappa shape index (κ2) is 5.08. The van der Waals surface area contributed by atoms with Gasteiger partial charge in [0.15, 0.2) is 0 Å². The maximum atomic E-state index is 9.23. The average Bonchev–Trinajstić information content (AvgIpc) is 2.41. The highest BCUT2D eigenvalue weighted by Gasteiger charge is 2.16. The maximum Gasteiger partial charge on any atom is 0.149 e. The highest BCUT2D eigenvalue weighted by Crippen LogP contribution is 2.23. The third-order valence-corrected chi connectivity index (χ3v) is 2.40. The lowest BCUT2D eigenvalue weighted by Gasteiger charge is -2.09. The zero-order chi connectivity index (χ0) is 12.1. The molecule has 0 aliphatic carbocycles. The minimum absolute atomic E-state index is 0.466. The van der Waals surface area contributed by atoms with Gasteiger partial charge in [-0.25, -0.2) is 9.97 Å². The molecule has 0 bridgehead atoms. The number of hydrogen-bond acceptors (Lipinski definition) is 4. The molecule has 4 nitrogen and oxygen atoms in total. The van der Waals surface area contributed by atoms with Gasteiger partial charge in [0, 0.05) is 12.4 Å². The molecule has 2 aromatic rings. The summed E-state index contributed by atoms with van der Waals surface area (Å²) >= 11 is 0. The van der Waals surface area contributed by atoms with Crippen LogP contribution in [0.15, 0.2) is 42.7 Å². The molecule has 0 aliphatic heterocycles. The van der Waals surface area contributed by atoms with Crippen LogP contribution in [-0.4, -0.2) is 17.1 Å². The first-order valence-electron chi connectivity index (χ1n) is 5.15. The molecule has 0 saturated heterocycles. The molecule has 0 fully saturated rings. The van der Waals surface area contributed by atoms with E-state index in [4.69, 9.17) is 4.74 Å². The van der Waals surface area contributed by atoms with Crippen LogP contribution in [-0.2, 0) is 0 Å². The van der Waals surface area contributed by atoms with Crippen LogP contribution in [0, 0.1) is 11.3 Å². The summed E-state index contributed by atoms with van der Waals surface area (Å²) in [6.45, 7) is 0. The van der Waals surface area contributed by atoms with Crippen LogP contribution in [0.2, 0.25) is 0 Å². The number of nitriles is 1. The van der Waals surface area contributed by atoms with Crippen molar-refractivity contribution in [2.75, 3.05) is 7.11 Å². The van der Waals surface area contributed by atoms with E-state index >= 15 is 0 Å². The number of nitrogens with zero attached hydrogens (tertiary/aromatic N) is 3. The van der Waals surface area contributed by atoms with Gasteiger partial charge in [0.05, 0.1) is 13.2 Å². The fourth-order valence-corrected chi connectivity index (χ4v) is 1.56. The van der Waals surface area contributed by atoms with E-state index < -0.39 is 5.92 Å². The Hall–Kier alpha value is -2.41. The summed E-state index contributed by atoms with van der Waals surface area (Å²) in [5.41, 5.74) is 0.832. The van der Waals surface area contributed by atoms with Gasteiger partial charge in [-0.1, -0.05) is 12.1 Å². The van der Waals surface area contributed by atoms with Gasteiger partial charge >= 0.3 is 0 Å². The van der Waals surface area contributed by atoms with E-state index in [0.717, 1.165) is 11.3 Å². The van der Waals surface area contributed by atoms with E-state index in [1.807, 2.05) is 24.3 Å². The third-order valence-electron chi connectivity index (χ3n) is 2.40. The molecule has 0 radical (unpaired) electrons. The summed E-state index contributed by atoms with van der Waals surface area (Å²) in [7, 11) is 1.60. The molecule has 1 unspecified atom stereocenters. The normalized spacial score (nSPS) is 11.5. The lowest BCUT2D eigenvalue weighted by molar-refractivity contribution is 0.414. The van der Waals surface area contributed by atoms with Gasteiger partial charge in [-0.2, -0.15) is 5.26 Å². The van der Waals surface area contributed by atoms with E-state index in [-0.39, 0.29) is 0 Å². The summed E-state index contributed by atoms with van der Waals surface area (Å²) < 4.78 is 5.14. The maximum absolute atomic E-state index is 9.23. The Kier molecular flexibility index (Phi) is 3.31. The van der Waals surface area contributed by atoms with Crippen molar-refractivity contribution in [2.45, 2.75) is 5.92 Å². The second-order valence-electron chi connectivity index (χ2n) is 3.45. The van der Waals surface area contributed by atoms with E-state index in [1.54, 1.807) is 25.6 Å². The molecule has 0 amide bonds. The van der Waals surface area contributed by atoms with E-state index in [0.29, 0.717) is 5.82 Å². The molecule has 0 N–H and O–H groups in total. The van der Waals surface area contributed by atoms with Crippen LogP contribution >= 0.6 is 0 Å². The van der Waals surface area contributed by atoms with Crippen molar-refractivity contribution in [3.05, 3.63) is 54.1 Å². The van der Waals surface area contributed by atoms with E-state index in [1.165, 1.54) is 0 Å². The van der Waals surface area contributed by atoms with Crippen molar-refractivity contribution in [1.82, 2.24) is 9.97 Å². The highest BCUT2D eigenvalue weighted by atomic mass is 16.5. The zero-order valence-corrected chi connectivity index (χ0v) is 9.37. The Morgan fingerprint density at radius 1 is 1.24 bits per heavy atom. The number of rotatable bonds is 3. The number of methoxy groups -OCH3 is 1. The largest absolute Gasteiger partial charge is 0.497 e. The molecular formula is C13H11N3O. The smallest absolute Gasteiger partial charge is 0.149 e. The summed E-state index contributed by atoms with van der Waals surface area (Å²) in [6.07, 6.45) is 3.26. The molecule has 1 atom stereocenters. The zero-order valence-electron chi connectivity index (χ0n) is 9.37. The molecule has 0 spiro atoms. The summed E-state index contributed by atoms with van der Waals surface area (Å²) in [5.74, 6) is 0.758.